The van der Waals surface area contributed by atoms with Crippen LogP contribution >= 0.6 is 31.9 Å². The lowest BCUT2D eigenvalue weighted by Gasteiger charge is -2.29. The van der Waals surface area contributed by atoms with Crippen molar-refractivity contribution in [2.45, 2.75) is 39.1 Å². The Morgan fingerprint density at radius 1 is 0.696 bits per heavy atom. The second-order valence-electron chi connectivity index (χ2n) is 4.33. The molecule has 0 N–H and O–H groups in total. The van der Waals surface area contributed by atoms with Crippen LogP contribution in [-0.2, 0) is 38.2 Å². The zero-order valence-electron chi connectivity index (χ0n) is 12.7. The number of alkyl halides is 2. The van der Waals surface area contributed by atoms with Gasteiger partial charge in [-0.15, -0.1) is 0 Å². The molecule has 0 aromatic carbocycles. The minimum Gasteiger partial charge on any atom is -0.454 e. The average Bonchev–Trinajstić information content (AvgIpc) is 2.46. The molecule has 0 amide bonds. The van der Waals surface area contributed by atoms with E-state index in [1.165, 1.54) is 0 Å². The van der Waals surface area contributed by atoms with Crippen LogP contribution in [0.3, 0.4) is 0 Å². The number of ketones is 2. The molecule has 130 valence electrons. The number of halogens is 2. The smallest absolute Gasteiger partial charge is 0.303 e. The fourth-order valence-electron chi connectivity index (χ4n) is 1.62. The molecule has 0 aromatic heterocycles. The number of rotatable bonds is 9. The molecule has 8 nitrogen and oxygen atoms in total. The number of carbonyl (C=O) groups is 5. The standard InChI is InChI=1S/C13H16Br2O8/c1-6(16)21-11(9(19)4-14)13(23-8(3)18)12(10(20)5-15)22-7(2)17/h11-13H,4-5H2,1-3H3. The number of hydrogen-bond donors (Lipinski definition) is 0. The molecule has 2 atom stereocenters. The molecule has 0 saturated carbocycles. The molecule has 0 bridgehead atoms. The summed E-state index contributed by atoms with van der Waals surface area (Å²) in [5.41, 5.74) is 0. The summed E-state index contributed by atoms with van der Waals surface area (Å²) in [6, 6.07) is 0. The Bertz CT molecular complexity index is 454. The number of esters is 3. The molecule has 10 heteroatoms. The van der Waals surface area contributed by atoms with Gasteiger partial charge in [-0.05, 0) is 0 Å². The summed E-state index contributed by atoms with van der Waals surface area (Å²) < 4.78 is 14.7. The highest BCUT2D eigenvalue weighted by molar-refractivity contribution is 9.09. The topological polar surface area (TPSA) is 113 Å². The molecule has 0 saturated heterocycles. The Morgan fingerprint density at radius 2 is 1.00 bits per heavy atom. The van der Waals surface area contributed by atoms with Crippen LogP contribution in [0.2, 0.25) is 0 Å². The maximum atomic E-state index is 12.0. The van der Waals surface area contributed by atoms with Gasteiger partial charge in [0.1, 0.15) is 0 Å². The van der Waals surface area contributed by atoms with Gasteiger partial charge in [-0.3, -0.25) is 24.0 Å². The van der Waals surface area contributed by atoms with Crippen LogP contribution in [0.1, 0.15) is 20.8 Å². The van der Waals surface area contributed by atoms with Crippen molar-refractivity contribution in [1.29, 1.82) is 0 Å². The lowest BCUT2D eigenvalue weighted by molar-refractivity contribution is -0.185. The fourth-order valence-corrected chi connectivity index (χ4v) is 2.25. The Balaban J connectivity index is 5.82. The molecule has 23 heavy (non-hydrogen) atoms. The van der Waals surface area contributed by atoms with Crippen LogP contribution in [0, 0.1) is 0 Å². The molecule has 2 unspecified atom stereocenters. The fraction of sp³-hybridized carbons (Fsp3) is 0.615. The molecule has 0 aromatic rings. The van der Waals surface area contributed by atoms with E-state index in [9.17, 15) is 24.0 Å². The van der Waals surface area contributed by atoms with Gasteiger partial charge in [0.2, 0.25) is 12.2 Å². The largest absolute Gasteiger partial charge is 0.454 e. The first-order valence-electron chi connectivity index (χ1n) is 6.33. The minimum atomic E-state index is -1.59. The summed E-state index contributed by atoms with van der Waals surface area (Å²) in [4.78, 5) is 57.7. The molecular weight excluding hydrogens is 444 g/mol. The van der Waals surface area contributed by atoms with Crippen molar-refractivity contribution in [2.24, 2.45) is 0 Å². The maximum Gasteiger partial charge on any atom is 0.303 e. The summed E-state index contributed by atoms with van der Waals surface area (Å²) in [6.45, 7) is 3.14. The lowest BCUT2D eigenvalue weighted by Crippen LogP contribution is -2.52. The Labute approximate surface area is 149 Å². The van der Waals surface area contributed by atoms with Crippen LogP contribution in [0.4, 0.5) is 0 Å². The quantitative estimate of drug-likeness (QED) is 0.281. The number of ether oxygens (including phenoxy) is 3. The molecule has 0 fully saturated rings. The molecule has 0 rings (SSSR count). The average molecular weight is 460 g/mol. The van der Waals surface area contributed by atoms with Crippen molar-refractivity contribution in [3.8, 4) is 0 Å². The summed E-state index contributed by atoms with van der Waals surface area (Å²) in [7, 11) is 0. The highest BCUT2D eigenvalue weighted by atomic mass is 79.9. The highest BCUT2D eigenvalue weighted by Gasteiger charge is 2.43. The third kappa shape index (κ3) is 7.69. The van der Waals surface area contributed by atoms with Crippen molar-refractivity contribution < 1.29 is 38.2 Å². The zero-order chi connectivity index (χ0) is 18.2. The van der Waals surface area contributed by atoms with Crippen molar-refractivity contribution in [1.82, 2.24) is 0 Å². The molecule has 0 aliphatic carbocycles. The van der Waals surface area contributed by atoms with E-state index in [4.69, 9.17) is 14.2 Å². The van der Waals surface area contributed by atoms with Gasteiger partial charge in [0.25, 0.3) is 0 Å². The second-order valence-corrected chi connectivity index (χ2v) is 5.46. The van der Waals surface area contributed by atoms with E-state index in [2.05, 4.69) is 31.9 Å². The summed E-state index contributed by atoms with van der Waals surface area (Å²) in [6.07, 6.45) is -4.78. The van der Waals surface area contributed by atoms with Crippen LogP contribution in [0.5, 0.6) is 0 Å². The van der Waals surface area contributed by atoms with Gasteiger partial charge in [0, 0.05) is 20.8 Å². The van der Waals surface area contributed by atoms with Gasteiger partial charge in [-0.1, -0.05) is 31.9 Å². The normalized spacial score (nSPS) is 14.1. The molecular formula is C13H16Br2O8. The Hall–Kier alpha value is -1.29. The number of Topliss-reactive ketones (excluding diaryl/α,β-unsaturated/α-hetero) is 2. The van der Waals surface area contributed by atoms with Gasteiger partial charge in [0.15, 0.2) is 17.7 Å². The SMILES string of the molecule is CC(=O)OC(C(=O)CBr)C(OC(C)=O)C(OC(C)=O)C(=O)CBr. The predicted octanol–water partition coefficient (Wildman–Crippen LogP) is 0.710. The molecule has 0 aliphatic rings. The van der Waals surface area contributed by atoms with Crippen LogP contribution in [0.25, 0.3) is 0 Å². The van der Waals surface area contributed by atoms with Gasteiger partial charge in [-0.2, -0.15) is 0 Å². The van der Waals surface area contributed by atoms with Gasteiger partial charge >= 0.3 is 17.9 Å². The van der Waals surface area contributed by atoms with E-state index >= 15 is 0 Å². The number of hydrogen-bond acceptors (Lipinski definition) is 8. The monoisotopic (exact) mass is 458 g/mol. The summed E-state index contributed by atoms with van der Waals surface area (Å²) in [5.74, 6) is -3.81. The minimum absolute atomic E-state index is 0.224. The Morgan fingerprint density at radius 3 is 1.22 bits per heavy atom. The number of carbonyl (C=O) groups excluding carboxylic acids is 5. The summed E-state index contributed by atoms with van der Waals surface area (Å²) in [5, 5.41) is -0.448. The third-order valence-electron chi connectivity index (χ3n) is 2.38. The second kappa shape index (κ2) is 10.5. The van der Waals surface area contributed by atoms with E-state index in [0.717, 1.165) is 20.8 Å². The lowest BCUT2D eigenvalue weighted by atomic mass is 10.0. The highest BCUT2D eigenvalue weighted by Crippen LogP contribution is 2.17. The van der Waals surface area contributed by atoms with Crippen molar-refractivity contribution >= 4 is 61.3 Å². The third-order valence-corrected chi connectivity index (χ3v) is 3.49. The van der Waals surface area contributed by atoms with Crippen molar-refractivity contribution in [3.05, 3.63) is 0 Å². The van der Waals surface area contributed by atoms with E-state index in [1.807, 2.05) is 0 Å². The predicted molar refractivity (Wildman–Crippen MR) is 84.3 cm³/mol. The molecule has 0 spiro atoms. The maximum absolute atomic E-state index is 12.0. The first-order chi connectivity index (χ1) is 10.6. The molecule has 0 radical (unpaired) electrons. The van der Waals surface area contributed by atoms with Crippen molar-refractivity contribution in [3.63, 3.8) is 0 Å². The molecule has 0 aliphatic heterocycles. The van der Waals surface area contributed by atoms with E-state index in [1.54, 1.807) is 0 Å². The molecule has 0 heterocycles. The van der Waals surface area contributed by atoms with Crippen LogP contribution in [-0.4, -0.2) is 58.4 Å². The zero-order valence-corrected chi connectivity index (χ0v) is 15.8. The van der Waals surface area contributed by atoms with Gasteiger partial charge in [0.05, 0.1) is 10.7 Å². The first-order valence-corrected chi connectivity index (χ1v) is 8.57. The van der Waals surface area contributed by atoms with Crippen LogP contribution in [0.15, 0.2) is 0 Å². The van der Waals surface area contributed by atoms with Crippen molar-refractivity contribution in [2.75, 3.05) is 10.7 Å². The van der Waals surface area contributed by atoms with Gasteiger partial charge < -0.3 is 14.2 Å². The first kappa shape index (κ1) is 21.7. The van der Waals surface area contributed by atoms with E-state index < -0.39 is 47.8 Å². The van der Waals surface area contributed by atoms with Crippen LogP contribution < -0.4 is 0 Å². The Kier molecular flexibility index (Phi) is 9.89. The van der Waals surface area contributed by atoms with E-state index in [-0.39, 0.29) is 10.7 Å². The van der Waals surface area contributed by atoms with Gasteiger partial charge in [-0.25, -0.2) is 0 Å². The van der Waals surface area contributed by atoms with E-state index in [0.29, 0.717) is 0 Å². The summed E-state index contributed by atoms with van der Waals surface area (Å²) >= 11 is 5.82.